The Morgan fingerprint density at radius 3 is 2.92 bits per heavy atom. The SMILES string of the molecule is COCc1noc(CN2CCN(Cc3cccc(C)c3)C(=O)C2)n1. The molecule has 7 nitrogen and oxygen atoms in total. The van der Waals surface area contributed by atoms with E-state index in [1.54, 1.807) is 7.11 Å². The summed E-state index contributed by atoms with van der Waals surface area (Å²) in [6.07, 6.45) is 0. The van der Waals surface area contributed by atoms with Crippen LogP contribution in [0.3, 0.4) is 0 Å². The van der Waals surface area contributed by atoms with Gasteiger partial charge in [-0.3, -0.25) is 9.69 Å². The number of nitrogens with zero attached hydrogens (tertiary/aromatic N) is 4. The van der Waals surface area contributed by atoms with Gasteiger partial charge in [-0.05, 0) is 12.5 Å². The summed E-state index contributed by atoms with van der Waals surface area (Å²) in [5.74, 6) is 1.17. The zero-order chi connectivity index (χ0) is 16.9. The van der Waals surface area contributed by atoms with Gasteiger partial charge in [0.2, 0.25) is 11.8 Å². The lowest BCUT2D eigenvalue weighted by atomic mass is 10.1. The number of carbonyl (C=O) groups is 1. The van der Waals surface area contributed by atoms with Crippen molar-refractivity contribution in [2.75, 3.05) is 26.7 Å². The van der Waals surface area contributed by atoms with E-state index < -0.39 is 0 Å². The normalized spacial score (nSPS) is 15.9. The minimum Gasteiger partial charge on any atom is -0.377 e. The third-order valence-electron chi connectivity index (χ3n) is 4.00. The zero-order valence-corrected chi connectivity index (χ0v) is 14.1. The summed E-state index contributed by atoms with van der Waals surface area (Å²) in [5.41, 5.74) is 2.37. The molecule has 0 bridgehead atoms. The van der Waals surface area contributed by atoms with Crippen LogP contribution in [0.1, 0.15) is 22.8 Å². The standard InChI is InChI=1S/C17H22N4O3/c1-13-4-3-5-14(8-13)9-21-7-6-20(11-17(21)22)10-16-18-15(12-23-2)19-24-16/h3-5,8H,6-7,9-12H2,1-2H3. The summed E-state index contributed by atoms with van der Waals surface area (Å²) in [6.45, 7) is 5.39. The number of carbonyl (C=O) groups excluding carboxylic acids is 1. The topological polar surface area (TPSA) is 71.7 Å². The third-order valence-corrected chi connectivity index (χ3v) is 4.00. The van der Waals surface area contributed by atoms with Crippen molar-refractivity contribution in [3.05, 3.63) is 47.1 Å². The van der Waals surface area contributed by atoms with Crippen molar-refractivity contribution in [1.29, 1.82) is 0 Å². The van der Waals surface area contributed by atoms with Crippen LogP contribution in [0.5, 0.6) is 0 Å². The van der Waals surface area contributed by atoms with E-state index in [2.05, 4.69) is 35.3 Å². The van der Waals surface area contributed by atoms with Crippen molar-refractivity contribution < 1.29 is 14.1 Å². The Bertz CT molecular complexity index is 701. The van der Waals surface area contributed by atoms with E-state index in [0.29, 0.717) is 44.5 Å². The predicted octanol–water partition coefficient (Wildman–Crippen LogP) is 1.37. The van der Waals surface area contributed by atoms with Gasteiger partial charge in [0.1, 0.15) is 6.61 Å². The number of hydrogen-bond acceptors (Lipinski definition) is 6. The Morgan fingerprint density at radius 1 is 1.29 bits per heavy atom. The second kappa shape index (κ2) is 7.55. The Balaban J connectivity index is 1.53. The molecule has 1 aliphatic rings. The predicted molar refractivity (Wildman–Crippen MR) is 86.9 cm³/mol. The molecule has 2 aromatic rings. The van der Waals surface area contributed by atoms with Crippen molar-refractivity contribution in [2.24, 2.45) is 0 Å². The molecule has 0 N–H and O–H groups in total. The molecular formula is C17H22N4O3. The maximum atomic E-state index is 12.4. The van der Waals surface area contributed by atoms with Crippen LogP contribution in [0.4, 0.5) is 0 Å². The van der Waals surface area contributed by atoms with Crippen molar-refractivity contribution in [3.8, 4) is 0 Å². The van der Waals surface area contributed by atoms with E-state index in [1.165, 1.54) is 5.56 Å². The van der Waals surface area contributed by atoms with Gasteiger partial charge in [0, 0.05) is 26.7 Å². The molecule has 1 aromatic heterocycles. The number of rotatable bonds is 6. The zero-order valence-electron chi connectivity index (χ0n) is 14.1. The van der Waals surface area contributed by atoms with E-state index in [0.717, 1.165) is 12.1 Å². The maximum Gasteiger partial charge on any atom is 0.240 e. The molecule has 0 spiro atoms. The van der Waals surface area contributed by atoms with Crippen LogP contribution in [0, 0.1) is 6.92 Å². The number of aromatic nitrogens is 2. The highest BCUT2D eigenvalue weighted by molar-refractivity contribution is 5.79. The number of hydrogen-bond donors (Lipinski definition) is 0. The van der Waals surface area contributed by atoms with E-state index in [4.69, 9.17) is 9.26 Å². The number of methoxy groups -OCH3 is 1. The molecule has 0 aliphatic carbocycles. The molecule has 1 saturated heterocycles. The average Bonchev–Trinajstić information content (AvgIpc) is 2.98. The summed E-state index contributed by atoms with van der Waals surface area (Å²) >= 11 is 0. The quantitative estimate of drug-likeness (QED) is 0.796. The lowest BCUT2D eigenvalue weighted by Crippen LogP contribution is -2.49. The number of benzene rings is 1. The first-order valence-electron chi connectivity index (χ1n) is 8.00. The van der Waals surface area contributed by atoms with Gasteiger partial charge < -0.3 is 14.2 Å². The lowest BCUT2D eigenvalue weighted by molar-refractivity contribution is -0.137. The third kappa shape index (κ3) is 4.18. The van der Waals surface area contributed by atoms with Crippen molar-refractivity contribution >= 4 is 5.91 Å². The smallest absolute Gasteiger partial charge is 0.240 e. The minimum atomic E-state index is 0.124. The molecule has 1 aliphatic heterocycles. The molecule has 2 heterocycles. The molecule has 7 heteroatoms. The van der Waals surface area contributed by atoms with Crippen molar-refractivity contribution in [1.82, 2.24) is 19.9 Å². The van der Waals surface area contributed by atoms with E-state index >= 15 is 0 Å². The van der Waals surface area contributed by atoms with E-state index in [-0.39, 0.29) is 5.91 Å². The first-order valence-corrected chi connectivity index (χ1v) is 8.00. The largest absolute Gasteiger partial charge is 0.377 e. The van der Waals surface area contributed by atoms with Gasteiger partial charge in [-0.2, -0.15) is 4.98 Å². The highest BCUT2D eigenvalue weighted by atomic mass is 16.5. The number of amides is 1. The van der Waals surface area contributed by atoms with Gasteiger partial charge in [0.25, 0.3) is 0 Å². The summed E-state index contributed by atoms with van der Waals surface area (Å²) in [7, 11) is 1.59. The summed E-state index contributed by atoms with van der Waals surface area (Å²) < 4.78 is 10.2. The molecule has 0 unspecified atom stereocenters. The molecule has 24 heavy (non-hydrogen) atoms. The van der Waals surface area contributed by atoms with Gasteiger partial charge in [-0.15, -0.1) is 0 Å². The molecular weight excluding hydrogens is 308 g/mol. The second-order valence-corrected chi connectivity index (χ2v) is 6.05. The average molecular weight is 330 g/mol. The van der Waals surface area contributed by atoms with Gasteiger partial charge >= 0.3 is 0 Å². The Morgan fingerprint density at radius 2 is 2.17 bits per heavy atom. The molecule has 1 fully saturated rings. The summed E-state index contributed by atoms with van der Waals surface area (Å²) in [5, 5.41) is 3.84. The molecule has 0 radical (unpaired) electrons. The van der Waals surface area contributed by atoms with E-state index in [9.17, 15) is 4.79 Å². The number of ether oxygens (including phenoxy) is 1. The summed E-state index contributed by atoms with van der Waals surface area (Å²) in [6, 6.07) is 8.27. The Labute approximate surface area is 141 Å². The monoisotopic (exact) mass is 330 g/mol. The highest BCUT2D eigenvalue weighted by Crippen LogP contribution is 2.13. The van der Waals surface area contributed by atoms with Crippen LogP contribution in [0.15, 0.2) is 28.8 Å². The van der Waals surface area contributed by atoms with Crippen LogP contribution in [-0.2, 0) is 29.2 Å². The number of aryl methyl sites for hydroxylation is 1. The molecule has 0 saturated carbocycles. The highest BCUT2D eigenvalue weighted by Gasteiger charge is 2.25. The fourth-order valence-electron chi connectivity index (χ4n) is 2.82. The van der Waals surface area contributed by atoms with Crippen LogP contribution in [-0.4, -0.2) is 52.6 Å². The Kier molecular flexibility index (Phi) is 5.22. The summed E-state index contributed by atoms with van der Waals surface area (Å²) in [4.78, 5) is 20.6. The van der Waals surface area contributed by atoms with Gasteiger partial charge in [-0.1, -0.05) is 35.0 Å². The van der Waals surface area contributed by atoms with Gasteiger partial charge in [0.05, 0.1) is 13.1 Å². The van der Waals surface area contributed by atoms with Gasteiger partial charge in [-0.25, -0.2) is 0 Å². The van der Waals surface area contributed by atoms with Crippen LogP contribution in [0.2, 0.25) is 0 Å². The van der Waals surface area contributed by atoms with E-state index in [1.807, 2.05) is 15.9 Å². The molecule has 128 valence electrons. The molecule has 0 atom stereocenters. The second-order valence-electron chi connectivity index (χ2n) is 6.05. The van der Waals surface area contributed by atoms with Crippen LogP contribution in [0.25, 0.3) is 0 Å². The molecule has 1 aromatic carbocycles. The van der Waals surface area contributed by atoms with Crippen LogP contribution < -0.4 is 0 Å². The first-order chi connectivity index (χ1) is 11.6. The molecule has 1 amide bonds. The fraction of sp³-hybridized carbons (Fsp3) is 0.471. The van der Waals surface area contributed by atoms with Crippen molar-refractivity contribution in [2.45, 2.75) is 26.6 Å². The maximum absolute atomic E-state index is 12.4. The fourth-order valence-corrected chi connectivity index (χ4v) is 2.82. The minimum absolute atomic E-state index is 0.124. The van der Waals surface area contributed by atoms with Crippen LogP contribution >= 0.6 is 0 Å². The lowest BCUT2D eigenvalue weighted by Gasteiger charge is -2.33. The first kappa shape index (κ1) is 16.6. The molecule has 3 rings (SSSR count). The van der Waals surface area contributed by atoms with Crippen molar-refractivity contribution in [3.63, 3.8) is 0 Å². The number of piperazine rings is 1. The Hall–Kier alpha value is -2.25. The van der Waals surface area contributed by atoms with Gasteiger partial charge in [0.15, 0.2) is 5.82 Å².